The Hall–Kier alpha value is -0.220. The van der Waals surface area contributed by atoms with Crippen LogP contribution in [0.5, 0.6) is 0 Å². The zero-order valence-corrected chi connectivity index (χ0v) is 11.3. The van der Waals surface area contributed by atoms with E-state index in [9.17, 15) is 4.79 Å². The van der Waals surface area contributed by atoms with Gasteiger partial charge in [-0.25, -0.2) is 0 Å². The van der Waals surface area contributed by atoms with Crippen LogP contribution in [-0.4, -0.2) is 47.0 Å². The monoisotopic (exact) mass is 242 g/mol. The molecule has 2 unspecified atom stereocenters. The van der Waals surface area contributed by atoms with Gasteiger partial charge in [-0.15, -0.1) is 0 Å². The van der Waals surface area contributed by atoms with Crippen LogP contribution in [0.25, 0.3) is 0 Å². The molecule has 2 aliphatic rings. The number of nitrogens with zero attached hydrogens (tertiary/aromatic N) is 1. The molecule has 0 aromatic heterocycles. The fourth-order valence-electron chi connectivity index (χ4n) is 2.64. The Kier molecular flexibility index (Phi) is 3.50. The molecule has 0 bridgehead atoms. The van der Waals surface area contributed by atoms with Gasteiger partial charge in [0.05, 0.1) is 5.92 Å². The molecule has 3 nitrogen and oxygen atoms in total. The van der Waals surface area contributed by atoms with Crippen molar-refractivity contribution in [1.82, 2.24) is 10.2 Å². The summed E-state index contributed by atoms with van der Waals surface area (Å²) in [5, 5.41) is 3.36. The average Bonchev–Trinajstić information content (AvgIpc) is 2.62. The van der Waals surface area contributed by atoms with Crippen LogP contribution in [0.3, 0.4) is 0 Å². The minimum atomic E-state index is 0.207. The molecule has 0 radical (unpaired) electrons. The van der Waals surface area contributed by atoms with Crippen molar-refractivity contribution in [1.29, 1.82) is 0 Å². The molecule has 0 aromatic rings. The van der Waals surface area contributed by atoms with Crippen LogP contribution in [0.15, 0.2) is 0 Å². The Labute approximate surface area is 102 Å². The first-order chi connectivity index (χ1) is 7.49. The van der Waals surface area contributed by atoms with Gasteiger partial charge < -0.3 is 10.2 Å². The SMILES string of the molecule is CC1NCCC1C(=O)N1CCSC(C)(C)C1. The van der Waals surface area contributed by atoms with Gasteiger partial charge in [0.1, 0.15) is 0 Å². The summed E-state index contributed by atoms with van der Waals surface area (Å²) in [6.45, 7) is 9.40. The predicted molar refractivity (Wildman–Crippen MR) is 68.7 cm³/mol. The molecule has 2 atom stereocenters. The van der Waals surface area contributed by atoms with E-state index in [1.54, 1.807) is 0 Å². The maximum absolute atomic E-state index is 12.4. The van der Waals surface area contributed by atoms with Gasteiger partial charge in [-0.3, -0.25) is 4.79 Å². The highest BCUT2D eigenvalue weighted by molar-refractivity contribution is 8.00. The number of carbonyl (C=O) groups is 1. The van der Waals surface area contributed by atoms with Crippen LogP contribution in [-0.2, 0) is 4.79 Å². The summed E-state index contributed by atoms with van der Waals surface area (Å²) in [5.41, 5.74) is 0. The largest absolute Gasteiger partial charge is 0.340 e. The summed E-state index contributed by atoms with van der Waals surface area (Å²) in [5.74, 6) is 1.65. The Morgan fingerprint density at radius 1 is 1.50 bits per heavy atom. The summed E-state index contributed by atoms with van der Waals surface area (Å²) in [6, 6.07) is 0.352. The molecule has 1 amide bonds. The second-order valence-corrected chi connectivity index (χ2v) is 7.31. The summed E-state index contributed by atoms with van der Waals surface area (Å²) in [7, 11) is 0. The topological polar surface area (TPSA) is 32.3 Å². The molecule has 0 aromatic carbocycles. The second kappa shape index (κ2) is 4.57. The lowest BCUT2D eigenvalue weighted by atomic mass is 9.99. The van der Waals surface area contributed by atoms with E-state index in [4.69, 9.17) is 0 Å². The first kappa shape index (κ1) is 12.2. The highest BCUT2D eigenvalue weighted by Crippen LogP contribution is 2.31. The highest BCUT2D eigenvalue weighted by atomic mass is 32.2. The molecular formula is C12H22N2OS. The molecule has 1 N–H and O–H groups in total. The molecule has 2 rings (SSSR count). The fraction of sp³-hybridized carbons (Fsp3) is 0.917. The van der Waals surface area contributed by atoms with Crippen molar-refractivity contribution in [3.05, 3.63) is 0 Å². The molecule has 2 aliphatic heterocycles. The minimum absolute atomic E-state index is 0.207. The maximum atomic E-state index is 12.4. The van der Waals surface area contributed by atoms with E-state index in [2.05, 4.69) is 31.0 Å². The molecule has 0 aliphatic carbocycles. The quantitative estimate of drug-likeness (QED) is 0.753. The van der Waals surface area contributed by atoms with E-state index in [1.165, 1.54) is 0 Å². The molecule has 4 heteroatoms. The van der Waals surface area contributed by atoms with Crippen LogP contribution >= 0.6 is 11.8 Å². The predicted octanol–water partition coefficient (Wildman–Crippen LogP) is 1.34. The number of hydrogen-bond donors (Lipinski definition) is 1. The lowest BCUT2D eigenvalue weighted by molar-refractivity contribution is -0.135. The zero-order chi connectivity index (χ0) is 11.8. The number of amides is 1. The number of carbonyl (C=O) groups excluding carboxylic acids is 1. The van der Waals surface area contributed by atoms with E-state index in [-0.39, 0.29) is 10.7 Å². The maximum Gasteiger partial charge on any atom is 0.227 e. The summed E-state index contributed by atoms with van der Waals surface area (Å²) in [6.07, 6.45) is 1.00. The fourth-order valence-corrected chi connectivity index (χ4v) is 3.75. The molecule has 0 spiro atoms. The van der Waals surface area contributed by atoms with Crippen molar-refractivity contribution in [3.63, 3.8) is 0 Å². The number of hydrogen-bond acceptors (Lipinski definition) is 3. The first-order valence-electron chi connectivity index (χ1n) is 6.16. The van der Waals surface area contributed by atoms with E-state index >= 15 is 0 Å². The third-order valence-electron chi connectivity index (χ3n) is 3.58. The van der Waals surface area contributed by atoms with Crippen molar-refractivity contribution in [2.75, 3.05) is 25.4 Å². The Morgan fingerprint density at radius 2 is 2.25 bits per heavy atom. The van der Waals surface area contributed by atoms with Crippen LogP contribution in [0.1, 0.15) is 27.2 Å². The van der Waals surface area contributed by atoms with Gasteiger partial charge >= 0.3 is 0 Å². The van der Waals surface area contributed by atoms with Crippen LogP contribution < -0.4 is 5.32 Å². The lowest BCUT2D eigenvalue weighted by Gasteiger charge is -2.39. The molecule has 0 saturated carbocycles. The van der Waals surface area contributed by atoms with Crippen LogP contribution in [0, 0.1) is 5.92 Å². The number of nitrogens with one attached hydrogen (secondary N) is 1. The average molecular weight is 242 g/mol. The molecule has 16 heavy (non-hydrogen) atoms. The Balaban J connectivity index is 1.99. The van der Waals surface area contributed by atoms with Crippen LogP contribution in [0.4, 0.5) is 0 Å². The van der Waals surface area contributed by atoms with Gasteiger partial charge in [0.25, 0.3) is 0 Å². The van der Waals surface area contributed by atoms with Crippen molar-refractivity contribution >= 4 is 17.7 Å². The summed E-state index contributed by atoms with van der Waals surface area (Å²) in [4.78, 5) is 14.4. The second-order valence-electron chi connectivity index (χ2n) is 5.51. The standard InChI is InChI=1S/C12H22N2OS/c1-9-10(4-5-13-9)11(15)14-6-7-16-12(2,3)8-14/h9-10,13H,4-8H2,1-3H3. The minimum Gasteiger partial charge on any atom is -0.340 e. The Bertz CT molecular complexity index is 280. The normalized spacial score (nSPS) is 34.1. The van der Waals surface area contributed by atoms with Gasteiger partial charge in [-0.2, -0.15) is 11.8 Å². The summed E-state index contributed by atoms with van der Waals surface area (Å²) >= 11 is 1.98. The zero-order valence-electron chi connectivity index (χ0n) is 10.5. The van der Waals surface area contributed by atoms with Crippen molar-refractivity contribution in [2.24, 2.45) is 5.92 Å². The van der Waals surface area contributed by atoms with Gasteiger partial charge in [0, 0.05) is 29.6 Å². The van der Waals surface area contributed by atoms with Crippen LogP contribution in [0.2, 0.25) is 0 Å². The third-order valence-corrected chi connectivity index (χ3v) is 4.88. The van der Waals surface area contributed by atoms with E-state index < -0.39 is 0 Å². The van der Waals surface area contributed by atoms with Crippen molar-refractivity contribution in [2.45, 2.75) is 38.0 Å². The molecule has 2 saturated heterocycles. The molecule has 92 valence electrons. The number of thioether (sulfide) groups is 1. The van der Waals surface area contributed by atoms with Gasteiger partial charge in [-0.1, -0.05) is 0 Å². The van der Waals surface area contributed by atoms with Crippen molar-refractivity contribution < 1.29 is 4.79 Å². The Morgan fingerprint density at radius 3 is 2.81 bits per heavy atom. The lowest BCUT2D eigenvalue weighted by Crippen LogP contribution is -2.49. The van der Waals surface area contributed by atoms with Gasteiger partial charge in [-0.05, 0) is 33.7 Å². The van der Waals surface area contributed by atoms with E-state index in [0.29, 0.717) is 11.9 Å². The molecule has 2 heterocycles. The highest BCUT2D eigenvalue weighted by Gasteiger charge is 2.36. The van der Waals surface area contributed by atoms with Gasteiger partial charge in [0.15, 0.2) is 0 Å². The molecule has 2 fully saturated rings. The van der Waals surface area contributed by atoms with Crippen molar-refractivity contribution in [3.8, 4) is 0 Å². The smallest absolute Gasteiger partial charge is 0.227 e. The molecular weight excluding hydrogens is 220 g/mol. The first-order valence-corrected chi connectivity index (χ1v) is 7.14. The number of rotatable bonds is 1. The third kappa shape index (κ3) is 2.54. The summed E-state index contributed by atoms with van der Waals surface area (Å²) < 4.78 is 0.225. The van der Waals surface area contributed by atoms with E-state index in [0.717, 1.165) is 31.8 Å². The van der Waals surface area contributed by atoms with Gasteiger partial charge in [0.2, 0.25) is 5.91 Å². The van der Waals surface area contributed by atoms with E-state index in [1.807, 2.05) is 11.8 Å².